The van der Waals surface area contributed by atoms with Gasteiger partial charge < -0.3 is 30.7 Å². The molecule has 218 valence electrons. The Hall–Kier alpha value is -3.63. The zero-order chi connectivity index (χ0) is 29.8. The minimum atomic E-state index is -1.20. The molecule has 11 heteroatoms. The molecule has 1 aromatic rings. The van der Waals surface area contributed by atoms with Gasteiger partial charge in [0.05, 0.1) is 13.0 Å². The molecule has 4 N–H and O–H groups in total. The number of hydrogen-bond donors (Lipinski definition) is 3. The minimum absolute atomic E-state index is 0.0108. The summed E-state index contributed by atoms with van der Waals surface area (Å²) in [6.07, 6.45) is -0.667. The quantitative estimate of drug-likeness (QED) is 0.302. The van der Waals surface area contributed by atoms with Crippen LogP contribution in [0.3, 0.4) is 0 Å². The Labute approximate surface area is 231 Å². The molecule has 0 aliphatic carbocycles. The second kappa shape index (κ2) is 15.1. The number of nitrogens with two attached hydrogens (primary N) is 1. The maximum Gasteiger partial charge on any atom is 0.408 e. The highest BCUT2D eigenvalue weighted by molar-refractivity contribution is 5.93. The Balaban J connectivity index is 3.50. The number of nitrogens with one attached hydrogen (secondary N) is 2. The van der Waals surface area contributed by atoms with Gasteiger partial charge in [-0.05, 0) is 59.9 Å². The monoisotopic (exact) mass is 548 g/mol. The molecule has 0 bridgehead atoms. The lowest BCUT2D eigenvalue weighted by Gasteiger charge is -2.44. The fourth-order valence-electron chi connectivity index (χ4n) is 3.78. The lowest BCUT2D eigenvalue weighted by molar-refractivity contribution is -0.150. The van der Waals surface area contributed by atoms with Gasteiger partial charge in [0.2, 0.25) is 17.7 Å². The highest BCUT2D eigenvalue weighted by Crippen LogP contribution is 2.32. The number of esters is 1. The second-order valence-corrected chi connectivity index (χ2v) is 10.7. The predicted molar refractivity (Wildman–Crippen MR) is 146 cm³/mol. The number of primary amides is 1. The second-order valence-electron chi connectivity index (χ2n) is 10.7. The van der Waals surface area contributed by atoms with Crippen molar-refractivity contribution in [3.05, 3.63) is 35.9 Å². The first-order chi connectivity index (χ1) is 18.1. The van der Waals surface area contributed by atoms with E-state index in [9.17, 15) is 24.0 Å². The topological polar surface area (TPSA) is 157 Å². The maximum absolute atomic E-state index is 14.2. The van der Waals surface area contributed by atoms with Gasteiger partial charge in [-0.2, -0.15) is 0 Å². The number of rotatable bonds is 14. The summed E-state index contributed by atoms with van der Waals surface area (Å²) in [7, 11) is 0. The average Bonchev–Trinajstić information content (AvgIpc) is 2.83. The van der Waals surface area contributed by atoms with Crippen LogP contribution in [0, 0.1) is 0 Å². The number of nitrogens with zero attached hydrogens (tertiary/aromatic N) is 1. The van der Waals surface area contributed by atoms with Crippen LogP contribution < -0.4 is 16.4 Å². The Morgan fingerprint density at radius 3 is 2.10 bits per heavy atom. The summed E-state index contributed by atoms with van der Waals surface area (Å²) >= 11 is 0. The number of amides is 4. The van der Waals surface area contributed by atoms with E-state index in [-0.39, 0.29) is 32.4 Å². The van der Waals surface area contributed by atoms with Crippen molar-refractivity contribution in [1.82, 2.24) is 15.5 Å². The summed E-state index contributed by atoms with van der Waals surface area (Å²) in [4.78, 5) is 65.3. The van der Waals surface area contributed by atoms with E-state index >= 15 is 0 Å². The third kappa shape index (κ3) is 11.3. The molecule has 0 aliphatic heterocycles. The Morgan fingerprint density at radius 1 is 0.974 bits per heavy atom. The molecule has 2 atom stereocenters. The largest absolute Gasteiger partial charge is 0.466 e. The molecule has 1 aromatic carbocycles. The molecule has 0 radical (unpaired) electrons. The van der Waals surface area contributed by atoms with Crippen molar-refractivity contribution >= 4 is 29.8 Å². The Bertz CT molecular complexity index is 989. The first kappa shape index (κ1) is 33.4. The van der Waals surface area contributed by atoms with Gasteiger partial charge in [-0.3, -0.25) is 19.2 Å². The van der Waals surface area contributed by atoms with Crippen molar-refractivity contribution in [3.8, 4) is 0 Å². The molecule has 1 rings (SSSR count). The van der Waals surface area contributed by atoms with E-state index < -0.39 is 53.0 Å². The van der Waals surface area contributed by atoms with Gasteiger partial charge in [0, 0.05) is 18.5 Å². The molecular weight excluding hydrogens is 504 g/mol. The molecule has 2 unspecified atom stereocenters. The molecule has 0 saturated carbocycles. The SMILES string of the molecule is CCOC(=O)CCNC(=O)C(c1ccccc1)N(C(=O)C(CCC(N)=O)NC(=O)OC(C)(C)C)C(C)(C)CC. The average molecular weight is 549 g/mol. The summed E-state index contributed by atoms with van der Waals surface area (Å²) in [5.41, 5.74) is 4.20. The molecule has 0 aliphatic rings. The lowest BCUT2D eigenvalue weighted by Crippen LogP contribution is -2.59. The molecule has 0 heterocycles. The van der Waals surface area contributed by atoms with Gasteiger partial charge in [0.15, 0.2) is 0 Å². The molecule has 11 nitrogen and oxygen atoms in total. The zero-order valence-corrected chi connectivity index (χ0v) is 24.2. The Morgan fingerprint density at radius 2 is 1.59 bits per heavy atom. The summed E-state index contributed by atoms with van der Waals surface area (Å²) in [5, 5.41) is 5.31. The molecule has 0 spiro atoms. The fraction of sp³-hybridized carbons (Fsp3) is 0.607. The van der Waals surface area contributed by atoms with E-state index in [1.165, 1.54) is 4.90 Å². The van der Waals surface area contributed by atoms with Crippen LogP contribution in [0.15, 0.2) is 30.3 Å². The first-order valence-electron chi connectivity index (χ1n) is 13.2. The van der Waals surface area contributed by atoms with Gasteiger partial charge in [0.25, 0.3) is 0 Å². The van der Waals surface area contributed by atoms with Crippen LogP contribution in [0.5, 0.6) is 0 Å². The van der Waals surface area contributed by atoms with E-state index in [0.717, 1.165) is 0 Å². The van der Waals surface area contributed by atoms with Crippen LogP contribution in [-0.4, -0.2) is 65.0 Å². The fourth-order valence-corrected chi connectivity index (χ4v) is 3.78. The van der Waals surface area contributed by atoms with E-state index in [1.807, 2.05) is 20.8 Å². The number of alkyl carbamates (subject to hydrolysis) is 1. The molecule has 0 saturated heterocycles. The summed E-state index contributed by atoms with van der Waals surface area (Å²) in [6, 6.07) is 6.43. The molecule has 39 heavy (non-hydrogen) atoms. The van der Waals surface area contributed by atoms with Gasteiger partial charge in [-0.25, -0.2) is 4.79 Å². The highest BCUT2D eigenvalue weighted by Gasteiger charge is 2.43. The van der Waals surface area contributed by atoms with Crippen molar-refractivity contribution in [2.24, 2.45) is 5.73 Å². The standard InChI is InChI=1S/C28H44N4O7/c1-8-28(6,7)32(25(36)20(15-16-21(29)33)31-26(37)39-27(3,4)5)23(19-13-11-10-12-14-19)24(35)30-18-17-22(34)38-9-2/h10-14,20,23H,8-9,15-18H2,1-7H3,(H2,29,33)(H,30,35)(H,31,37). The predicted octanol–water partition coefficient (Wildman–Crippen LogP) is 2.97. The Kier molecular flexibility index (Phi) is 12.9. The smallest absolute Gasteiger partial charge is 0.408 e. The van der Waals surface area contributed by atoms with Crippen molar-refractivity contribution in [3.63, 3.8) is 0 Å². The van der Waals surface area contributed by atoms with E-state index in [2.05, 4.69) is 10.6 Å². The van der Waals surface area contributed by atoms with Crippen LogP contribution in [0.1, 0.15) is 85.8 Å². The summed E-state index contributed by atoms with van der Waals surface area (Å²) in [5.74, 6) is -2.19. The van der Waals surface area contributed by atoms with E-state index in [1.54, 1.807) is 58.0 Å². The maximum atomic E-state index is 14.2. The molecule has 4 amide bonds. The van der Waals surface area contributed by atoms with E-state index in [4.69, 9.17) is 15.2 Å². The first-order valence-corrected chi connectivity index (χ1v) is 13.2. The molecule has 0 aromatic heterocycles. The number of benzene rings is 1. The van der Waals surface area contributed by atoms with Crippen molar-refractivity contribution in [2.45, 2.75) is 97.4 Å². The van der Waals surface area contributed by atoms with Crippen molar-refractivity contribution < 1.29 is 33.4 Å². The van der Waals surface area contributed by atoms with Gasteiger partial charge in [-0.15, -0.1) is 0 Å². The van der Waals surface area contributed by atoms with E-state index in [0.29, 0.717) is 12.0 Å². The van der Waals surface area contributed by atoms with Crippen LogP contribution in [0.2, 0.25) is 0 Å². The number of carbonyl (C=O) groups is 5. The number of carbonyl (C=O) groups excluding carboxylic acids is 5. The van der Waals surface area contributed by atoms with Gasteiger partial charge in [0.1, 0.15) is 17.7 Å². The van der Waals surface area contributed by atoms with Crippen LogP contribution in [0.25, 0.3) is 0 Å². The number of ether oxygens (including phenoxy) is 2. The summed E-state index contributed by atoms with van der Waals surface area (Å²) in [6.45, 7) is 12.5. The zero-order valence-electron chi connectivity index (χ0n) is 24.2. The molecular formula is C28H44N4O7. The highest BCUT2D eigenvalue weighted by atomic mass is 16.6. The van der Waals surface area contributed by atoms with Gasteiger partial charge >= 0.3 is 12.1 Å². The normalized spacial score (nSPS) is 13.0. The van der Waals surface area contributed by atoms with Crippen LogP contribution in [-0.2, 0) is 28.7 Å². The van der Waals surface area contributed by atoms with Crippen LogP contribution >= 0.6 is 0 Å². The van der Waals surface area contributed by atoms with Crippen molar-refractivity contribution in [1.29, 1.82) is 0 Å². The minimum Gasteiger partial charge on any atom is -0.466 e. The third-order valence-corrected chi connectivity index (χ3v) is 5.98. The van der Waals surface area contributed by atoms with Crippen molar-refractivity contribution in [2.75, 3.05) is 13.2 Å². The lowest BCUT2D eigenvalue weighted by atomic mass is 9.91. The third-order valence-electron chi connectivity index (χ3n) is 5.98. The number of hydrogen-bond acceptors (Lipinski definition) is 7. The van der Waals surface area contributed by atoms with Gasteiger partial charge in [-0.1, -0.05) is 37.3 Å². The summed E-state index contributed by atoms with van der Waals surface area (Å²) < 4.78 is 10.3. The van der Waals surface area contributed by atoms with Crippen LogP contribution in [0.4, 0.5) is 4.79 Å². The molecule has 0 fully saturated rings.